The van der Waals surface area contributed by atoms with Gasteiger partial charge in [-0.1, -0.05) is 6.92 Å². The van der Waals surface area contributed by atoms with Crippen molar-refractivity contribution in [3.8, 4) is 17.0 Å². The fourth-order valence-corrected chi connectivity index (χ4v) is 1.91. The Morgan fingerprint density at radius 2 is 2.05 bits per heavy atom. The second kappa shape index (κ2) is 4.88. The maximum Gasteiger partial charge on any atom is 0.251 e. The Morgan fingerprint density at radius 3 is 2.68 bits per heavy atom. The average molecular weight is 256 g/mol. The predicted octanol–water partition coefficient (Wildman–Crippen LogP) is 2.54. The van der Waals surface area contributed by atoms with Gasteiger partial charge >= 0.3 is 0 Å². The molecule has 1 fully saturated rings. The molecular weight excluding hydrogens is 240 g/mol. The molecule has 0 aliphatic heterocycles. The molecule has 0 spiro atoms. The van der Waals surface area contributed by atoms with Crippen LogP contribution in [0.1, 0.15) is 25.6 Å². The first-order valence-electron chi connectivity index (χ1n) is 6.62. The van der Waals surface area contributed by atoms with Gasteiger partial charge in [0.2, 0.25) is 0 Å². The number of rotatable bonds is 4. The molecule has 1 aromatic heterocycles. The standard InChI is InChI=1S/C15H16N2O2/c1-2-14-16-13(9-15(18)17-14)10-3-5-11(6-4-10)19-12-7-8-12/h3-6,9,12H,2,7-8H2,1H3,(H,16,17,18). The van der Waals surface area contributed by atoms with Gasteiger partial charge in [-0.25, -0.2) is 4.98 Å². The van der Waals surface area contributed by atoms with Crippen molar-refractivity contribution in [2.45, 2.75) is 32.3 Å². The fourth-order valence-electron chi connectivity index (χ4n) is 1.91. The second-order valence-corrected chi connectivity index (χ2v) is 4.77. The molecule has 1 saturated carbocycles. The zero-order valence-corrected chi connectivity index (χ0v) is 10.8. The highest BCUT2D eigenvalue weighted by atomic mass is 16.5. The van der Waals surface area contributed by atoms with E-state index in [1.165, 1.54) is 6.07 Å². The van der Waals surface area contributed by atoms with Crippen LogP contribution in [0, 0.1) is 0 Å². The van der Waals surface area contributed by atoms with Crippen molar-refractivity contribution in [1.29, 1.82) is 0 Å². The molecule has 1 N–H and O–H groups in total. The quantitative estimate of drug-likeness (QED) is 0.914. The number of H-pyrrole nitrogens is 1. The molecule has 0 bridgehead atoms. The molecule has 4 heteroatoms. The largest absolute Gasteiger partial charge is 0.490 e. The maximum absolute atomic E-state index is 11.5. The van der Waals surface area contributed by atoms with E-state index in [-0.39, 0.29) is 5.56 Å². The molecule has 0 atom stereocenters. The Bertz CT molecular complexity index is 627. The highest BCUT2D eigenvalue weighted by molar-refractivity contribution is 5.59. The smallest absolute Gasteiger partial charge is 0.251 e. The van der Waals surface area contributed by atoms with Gasteiger partial charge in [0.1, 0.15) is 11.6 Å². The molecular formula is C15H16N2O2. The van der Waals surface area contributed by atoms with Crippen molar-refractivity contribution in [3.63, 3.8) is 0 Å². The molecule has 0 radical (unpaired) electrons. The van der Waals surface area contributed by atoms with Gasteiger partial charge < -0.3 is 9.72 Å². The van der Waals surface area contributed by atoms with Crippen LogP contribution in [0.15, 0.2) is 35.1 Å². The Balaban J connectivity index is 1.88. The van der Waals surface area contributed by atoms with E-state index in [0.29, 0.717) is 24.0 Å². The van der Waals surface area contributed by atoms with Crippen LogP contribution in [0.3, 0.4) is 0 Å². The molecule has 19 heavy (non-hydrogen) atoms. The van der Waals surface area contributed by atoms with Crippen LogP contribution in [-0.4, -0.2) is 16.1 Å². The maximum atomic E-state index is 11.5. The van der Waals surface area contributed by atoms with Crippen LogP contribution in [0.4, 0.5) is 0 Å². The fraction of sp³-hybridized carbons (Fsp3) is 0.333. The van der Waals surface area contributed by atoms with Crippen LogP contribution >= 0.6 is 0 Å². The van der Waals surface area contributed by atoms with Crippen LogP contribution < -0.4 is 10.3 Å². The van der Waals surface area contributed by atoms with Gasteiger partial charge in [-0.15, -0.1) is 0 Å². The van der Waals surface area contributed by atoms with E-state index in [9.17, 15) is 4.79 Å². The molecule has 1 aliphatic rings. The average Bonchev–Trinajstić information content (AvgIpc) is 3.23. The van der Waals surface area contributed by atoms with E-state index < -0.39 is 0 Å². The van der Waals surface area contributed by atoms with Crippen molar-refractivity contribution in [3.05, 3.63) is 46.5 Å². The van der Waals surface area contributed by atoms with Crippen LogP contribution in [0.25, 0.3) is 11.3 Å². The third-order valence-corrected chi connectivity index (χ3v) is 3.10. The summed E-state index contributed by atoms with van der Waals surface area (Å²) >= 11 is 0. The van der Waals surface area contributed by atoms with Crippen molar-refractivity contribution in [2.24, 2.45) is 0 Å². The van der Waals surface area contributed by atoms with E-state index >= 15 is 0 Å². The number of aromatic nitrogens is 2. The summed E-state index contributed by atoms with van der Waals surface area (Å²) in [6.07, 6.45) is 3.41. The molecule has 4 nitrogen and oxygen atoms in total. The third kappa shape index (κ3) is 2.84. The highest BCUT2D eigenvalue weighted by Crippen LogP contribution is 2.28. The minimum atomic E-state index is -0.111. The van der Waals surface area contributed by atoms with Crippen LogP contribution in [-0.2, 0) is 6.42 Å². The molecule has 98 valence electrons. The number of nitrogens with one attached hydrogen (secondary N) is 1. The lowest BCUT2D eigenvalue weighted by Crippen LogP contribution is -2.10. The second-order valence-electron chi connectivity index (χ2n) is 4.77. The highest BCUT2D eigenvalue weighted by Gasteiger charge is 2.23. The SMILES string of the molecule is CCc1nc(-c2ccc(OC3CC3)cc2)cc(=O)[nH]1. The van der Waals surface area contributed by atoms with Crippen molar-refractivity contribution >= 4 is 0 Å². The van der Waals surface area contributed by atoms with Crippen molar-refractivity contribution in [2.75, 3.05) is 0 Å². The van der Waals surface area contributed by atoms with Gasteiger partial charge in [-0.05, 0) is 37.1 Å². The monoisotopic (exact) mass is 256 g/mol. The number of nitrogens with zero attached hydrogens (tertiary/aromatic N) is 1. The van der Waals surface area contributed by atoms with Gasteiger partial charge in [0.25, 0.3) is 5.56 Å². The number of hydrogen-bond acceptors (Lipinski definition) is 3. The van der Waals surface area contributed by atoms with E-state index in [1.807, 2.05) is 31.2 Å². The summed E-state index contributed by atoms with van der Waals surface area (Å²) < 4.78 is 5.70. The minimum Gasteiger partial charge on any atom is -0.490 e. The normalized spacial score (nSPS) is 14.4. The summed E-state index contributed by atoms with van der Waals surface area (Å²) in [6.45, 7) is 1.97. The van der Waals surface area contributed by atoms with Crippen molar-refractivity contribution in [1.82, 2.24) is 9.97 Å². The molecule has 0 unspecified atom stereocenters. The van der Waals surface area contributed by atoms with Gasteiger partial charge in [0.05, 0.1) is 11.8 Å². The summed E-state index contributed by atoms with van der Waals surface area (Å²) in [5.41, 5.74) is 1.53. The zero-order chi connectivity index (χ0) is 13.2. The zero-order valence-electron chi connectivity index (χ0n) is 10.8. The first-order chi connectivity index (χ1) is 9.24. The lowest BCUT2D eigenvalue weighted by Gasteiger charge is -2.06. The number of ether oxygens (including phenoxy) is 1. The molecule has 2 aromatic rings. The van der Waals surface area contributed by atoms with E-state index in [2.05, 4.69) is 9.97 Å². The lowest BCUT2D eigenvalue weighted by molar-refractivity contribution is 0.303. The van der Waals surface area contributed by atoms with Gasteiger partial charge in [0.15, 0.2) is 0 Å². The van der Waals surface area contributed by atoms with Crippen LogP contribution in [0.2, 0.25) is 0 Å². The molecule has 3 rings (SSSR count). The number of hydrogen-bond donors (Lipinski definition) is 1. The molecule has 1 aliphatic carbocycles. The predicted molar refractivity (Wildman–Crippen MR) is 73.3 cm³/mol. The number of aromatic amines is 1. The van der Waals surface area contributed by atoms with Gasteiger partial charge in [-0.3, -0.25) is 4.79 Å². The Kier molecular flexibility index (Phi) is 3.07. The molecule has 1 heterocycles. The topological polar surface area (TPSA) is 55.0 Å². The van der Waals surface area contributed by atoms with Gasteiger partial charge in [-0.2, -0.15) is 0 Å². The summed E-state index contributed by atoms with van der Waals surface area (Å²) in [5.74, 6) is 1.59. The summed E-state index contributed by atoms with van der Waals surface area (Å²) in [4.78, 5) is 18.7. The summed E-state index contributed by atoms with van der Waals surface area (Å²) in [5, 5.41) is 0. The van der Waals surface area contributed by atoms with E-state index in [0.717, 1.165) is 24.2 Å². The summed E-state index contributed by atoms with van der Waals surface area (Å²) in [6, 6.07) is 9.28. The van der Waals surface area contributed by atoms with E-state index in [1.54, 1.807) is 0 Å². The first-order valence-corrected chi connectivity index (χ1v) is 6.62. The molecule has 1 aromatic carbocycles. The number of aryl methyl sites for hydroxylation is 1. The first kappa shape index (κ1) is 12.0. The lowest BCUT2D eigenvalue weighted by atomic mass is 10.1. The van der Waals surface area contributed by atoms with E-state index in [4.69, 9.17) is 4.74 Å². The summed E-state index contributed by atoms with van der Waals surface area (Å²) in [7, 11) is 0. The van der Waals surface area contributed by atoms with Crippen LogP contribution in [0.5, 0.6) is 5.75 Å². The number of benzene rings is 1. The Labute approximate surface area is 111 Å². The van der Waals surface area contributed by atoms with Gasteiger partial charge in [0, 0.05) is 18.1 Å². The molecule has 0 amide bonds. The Morgan fingerprint density at radius 1 is 1.32 bits per heavy atom. The third-order valence-electron chi connectivity index (χ3n) is 3.10. The minimum absolute atomic E-state index is 0.111. The van der Waals surface area contributed by atoms with Crippen molar-refractivity contribution < 1.29 is 4.74 Å². The molecule has 0 saturated heterocycles. The Hall–Kier alpha value is -2.10.